The third kappa shape index (κ3) is 5.51. The van der Waals surface area contributed by atoms with Crippen molar-refractivity contribution in [3.05, 3.63) is 0 Å². The second-order valence-corrected chi connectivity index (χ2v) is 7.72. The van der Waals surface area contributed by atoms with Crippen LogP contribution in [-0.4, -0.2) is 33.3 Å². The molecule has 0 amide bonds. The van der Waals surface area contributed by atoms with Crippen molar-refractivity contribution in [3.63, 3.8) is 0 Å². The first-order chi connectivity index (χ1) is 7.85. The summed E-state index contributed by atoms with van der Waals surface area (Å²) in [6.45, 7) is 16.1. The Bertz CT molecular complexity index is 203. The zero-order valence-corrected chi connectivity index (χ0v) is 13.8. The first-order valence-electron chi connectivity index (χ1n) is 6.78. The summed E-state index contributed by atoms with van der Waals surface area (Å²) in [6.07, 6.45) is 2.00. The van der Waals surface area contributed by atoms with Crippen LogP contribution in [0.15, 0.2) is 0 Å². The topological polar surface area (TPSA) is 27.7 Å². The van der Waals surface area contributed by atoms with Gasteiger partial charge in [-0.2, -0.15) is 0 Å². The van der Waals surface area contributed by atoms with E-state index in [2.05, 4.69) is 34.6 Å². The number of ether oxygens (including phenoxy) is 1. The molecule has 0 heterocycles. The molecule has 0 fully saturated rings. The summed E-state index contributed by atoms with van der Waals surface area (Å²) < 4.78 is 17.9. The fraction of sp³-hybridized carbons (Fsp3) is 1.00. The van der Waals surface area contributed by atoms with Crippen LogP contribution in [0.4, 0.5) is 0 Å². The van der Waals surface area contributed by atoms with Crippen LogP contribution in [0.1, 0.15) is 61.3 Å². The van der Waals surface area contributed by atoms with E-state index in [9.17, 15) is 0 Å². The average Bonchev–Trinajstić information content (AvgIpc) is 2.28. The lowest BCUT2D eigenvalue weighted by Crippen LogP contribution is -2.52. The van der Waals surface area contributed by atoms with E-state index in [-0.39, 0.29) is 10.8 Å². The van der Waals surface area contributed by atoms with E-state index in [0.717, 1.165) is 12.8 Å². The molecule has 0 spiro atoms. The zero-order chi connectivity index (χ0) is 13.5. The highest BCUT2D eigenvalue weighted by Gasteiger charge is 2.39. The molecule has 0 aliphatic carbocycles. The minimum Gasteiger partial charge on any atom is -0.395 e. The first-order valence-corrected chi connectivity index (χ1v) is 8.30. The molecule has 0 aromatic carbocycles. The molecular weight excluding hydrogens is 232 g/mol. The van der Waals surface area contributed by atoms with Crippen molar-refractivity contribution in [2.24, 2.45) is 0 Å². The maximum Gasteiger partial charge on any atom is 0.354 e. The molecule has 0 aliphatic heterocycles. The maximum atomic E-state index is 6.29. The SMILES string of the molecule is CCO[SiH](OC(C)(CC)CC)C(C)(C)OCC. The summed E-state index contributed by atoms with van der Waals surface area (Å²) in [5.41, 5.74) is -0.0829. The highest BCUT2D eigenvalue weighted by atomic mass is 28.3. The Hall–Kier alpha value is 0.0969. The molecule has 0 saturated carbocycles. The average molecular weight is 262 g/mol. The van der Waals surface area contributed by atoms with Crippen molar-refractivity contribution in [3.8, 4) is 0 Å². The predicted octanol–water partition coefficient (Wildman–Crippen LogP) is 3.19. The third-order valence-electron chi connectivity index (χ3n) is 3.29. The van der Waals surface area contributed by atoms with Crippen LogP contribution < -0.4 is 0 Å². The van der Waals surface area contributed by atoms with E-state index in [0.29, 0.717) is 13.2 Å². The second kappa shape index (κ2) is 7.51. The standard InChI is InChI=1S/C13H30O3Si/c1-8-13(7,9-2)16-17(15-11-4)12(5,6)14-10-3/h17H,8-11H2,1-7H3. The summed E-state index contributed by atoms with van der Waals surface area (Å²) in [4.78, 5) is 0. The van der Waals surface area contributed by atoms with E-state index in [1.165, 1.54) is 0 Å². The molecule has 0 aromatic heterocycles. The maximum absolute atomic E-state index is 6.29. The van der Waals surface area contributed by atoms with Gasteiger partial charge in [-0.15, -0.1) is 0 Å². The van der Waals surface area contributed by atoms with Gasteiger partial charge >= 0.3 is 9.28 Å². The van der Waals surface area contributed by atoms with Crippen LogP contribution >= 0.6 is 0 Å². The van der Waals surface area contributed by atoms with Crippen molar-refractivity contribution in [1.82, 2.24) is 0 Å². The van der Waals surface area contributed by atoms with Crippen LogP contribution in [0.25, 0.3) is 0 Å². The molecule has 3 nitrogen and oxygen atoms in total. The van der Waals surface area contributed by atoms with Crippen LogP contribution in [-0.2, 0) is 13.6 Å². The molecule has 0 aliphatic rings. The summed E-state index contributed by atoms with van der Waals surface area (Å²) in [6, 6.07) is 0. The van der Waals surface area contributed by atoms with E-state index < -0.39 is 9.28 Å². The van der Waals surface area contributed by atoms with Gasteiger partial charge in [0.2, 0.25) is 0 Å². The van der Waals surface area contributed by atoms with Gasteiger partial charge in [-0.25, -0.2) is 0 Å². The van der Waals surface area contributed by atoms with Gasteiger partial charge in [-0.1, -0.05) is 13.8 Å². The van der Waals surface area contributed by atoms with Crippen molar-refractivity contribution in [2.75, 3.05) is 13.2 Å². The molecule has 4 heteroatoms. The fourth-order valence-corrected chi connectivity index (χ4v) is 3.85. The fourth-order valence-electron chi connectivity index (χ4n) is 1.64. The van der Waals surface area contributed by atoms with Gasteiger partial charge in [-0.05, 0) is 47.5 Å². The Kier molecular flexibility index (Phi) is 7.56. The molecule has 0 radical (unpaired) electrons. The lowest BCUT2D eigenvalue weighted by molar-refractivity contribution is -0.0263. The summed E-state index contributed by atoms with van der Waals surface area (Å²) in [5, 5.41) is -0.281. The van der Waals surface area contributed by atoms with Crippen molar-refractivity contribution < 1.29 is 13.6 Å². The zero-order valence-electron chi connectivity index (χ0n) is 12.6. The van der Waals surface area contributed by atoms with Gasteiger partial charge in [0.1, 0.15) is 5.22 Å². The Labute approximate surface area is 109 Å². The number of hydrogen-bond acceptors (Lipinski definition) is 3. The van der Waals surface area contributed by atoms with E-state index in [1.54, 1.807) is 0 Å². The minimum absolute atomic E-state index is 0.0829. The van der Waals surface area contributed by atoms with Gasteiger partial charge in [0.05, 0.1) is 5.60 Å². The highest BCUT2D eigenvalue weighted by Crippen LogP contribution is 2.26. The van der Waals surface area contributed by atoms with Gasteiger partial charge in [-0.3, -0.25) is 0 Å². The lowest BCUT2D eigenvalue weighted by atomic mass is 10.0. The van der Waals surface area contributed by atoms with Crippen LogP contribution in [0, 0.1) is 0 Å². The quantitative estimate of drug-likeness (QED) is 0.597. The molecule has 0 aromatic rings. The molecular formula is C13H30O3Si. The molecule has 0 N–H and O–H groups in total. The van der Waals surface area contributed by atoms with Crippen molar-refractivity contribution >= 4 is 9.28 Å². The molecule has 0 saturated heterocycles. The molecule has 104 valence electrons. The minimum atomic E-state index is -1.84. The molecule has 17 heavy (non-hydrogen) atoms. The van der Waals surface area contributed by atoms with Crippen molar-refractivity contribution in [1.29, 1.82) is 0 Å². The largest absolute Gasteiger partial charge is 0.395 e. The lowest BCUT2D eigenvalue weighted by Gasteiger charge is -2.38. The Morgan fingerprint density at radius 1 is 0.882 bits per heavy atom. The Balaban J connectivity index is 4.73. The summed E-state index contributed by atoms with van der Waals surface area (Å²) in [7, 11) is -1.84. The molecule has 1 unspecified atom stereocenters. The van der Waals surface area contributed by atoms with Gasteiger partial charge in [0.15, 0.2) is 0 Å². The highest BCUT2D eigenvalue weighted by molar-refractivity contribution is 6.48. The number of rotatable bonds is 9. The second-order valence-electron chi connectivity index (χ2n) is 5.10. The monoisotopic (exact) mass is 262 g/mol. The van der Waals surface area contributed by atoms with Crippen LogP contribution in [0.5, 0.6) is 0 Å². The van der Waals surface area contributed by atoms with Crippen LogP contribution in [0.3, 0.4) is 0 Å². The Morgan fingerprint density at radius 2 is 1.41 bits per heavy atom. The smallest absolute Gasteiger partial charge is 0.354 e. The number of hydrogen-bond donors (Lipinski definition) is 0. The molecule has 0 rings (SSSR count). The van der Waals surface area contributed by atoms with Crippen LogP contribution in [0.2, 0.25) is 0 Å². The van der Waals surface area contributed by atoms with E-state index in [4.69, 9.17) is 13.6 Å². The molecule has 0 bridgehead atoms. The molecule has 1 atom stereocenters. The van der Waals surface area contributed by atoms with Gasteiger partial charge in [0.25, 0.3) is 0 Å². The predicted molar refractivity (Wildman–Crippen MR) is 74.6 cm³/mol. The summed E-state index contributed by atoms with van der Waals surface area (Å²) >= 11 is 0. The van der Waals surface area contributed by atoms with E-state index >= 15 is 0 Å². The van der Waals surface area contributed by atoms with E-state index in [1.807, 2.05) is 13.8 Å². The third-order valence-corrected chi connectivity index (χ3v) is 6.01. The van der Waals surface area contributed by atoms with Gasteiger partial charge in [0, 0.05) is 13.2 Å². The Morgan fingerprint density at radius 3 is 1.76 bits per heavy atom. The van der Waals surface area contributed by atoms with Crippen molar-refractivity contribution in [2.45, 2.75) is 72.1 Å². The van der Waals surface area contributed by atoms with Gasteiger partial charge < -0.3 is 13.6 Å². The normalized spacial score (nSPS) is 15.0. The summed E-state index contributed by atoms with van der Waals surface area (Å²) in [5.74, 6) is 0. The first kappa shape index (κ1) is 17.1.